The van der Waals surface area contributed by atoms with E-state index in [1.165, 1.54) is 12.1 Å². The van der Waals surface area contributed by atoms with Crippen molar-refractivity contribution >= 4 is 22.5 Å². The Morgan fingerprint density at radius 2 is 2.08 bits per heavy atom. The summed E-state index contributed by atoms with van der Waals surface area (Å²) in [4.78, 5) is 20.3. The summed E-state index contributed by atoms with van der Waals surface area (Å²) in [6.07, 6.45) is 1.56. The maximum Gasteiger partial charge on any atom is 0.234 e. The van der Waals surface area contributed by atoms with E-state index in [2.05, 4.69) is 26.2 Å². The van der Waals surface area contributed by atoms with Crippen molar-refractivity contribution in [2.45, 2.75) is 13.8 Å². The Morgan fingerprint density at radius 3 is 2.73 bits per heavy atom. The average molecular weight is 355 g/mol. The molecule has 3 rings (SSSR count). The van der Waals surface area contributed by atoms with E-state index in [0.717, 1.165) is 11.3 Å². The molecule has 0 atom stereocenters. The summed E-state index contributed by atoms with van der Waals surface area (Å²) in [7, 11) is 0. The highest BCUT2D eigenvalue weighted by atomic mass is 19.1. The second-order valence-electron chi connectivity index (χ2n) is 6.47. The van der Waals surface area contributed by atoms with Gasteiger partial charge < -0.3 is 10.2 Å². The number of nitrogens with one attached hydrogen (secondary N) is 1. The highest BCUT2D eigenvalue weighted by Gasteiger charge is 2.23. The van der Waals surface area contributed by atoms with Gasteiger partial charge in [-0.05, 0) is 31.5 Å². The third-order valence-corrected chi connectivity index (χ3v) is 4.65. The number of carbonyl (C=O) groups is 1. The van der Waals surface area contributed by atoms with Gasteiger partial charge in [0.25, 0.3) is 0 Å². The van der Waals surface area contributed by atoms with Crippen LogP contribution in [0, 0.1) is 24.1 Å². The van der Waals surface area contributed by atoms with Gasteiger partial charge in [0.05, 0.1) is 23.3 Å². The van der Waals surface area contributed by atoms with E-state index in [1.807, 2.05) is 13.8 Å². The van der Waals surface area contributed by atoms with E-state index in [1.54, 1.807) is 6.20 Å². The lowest BCUT2D eigenvalue weighted by Crippen LogP contribution is -2.49. The Kier molecular flexibility index (Phi) is 5.33. The summed E-state index contributed by atoms with van der Waals surface area (Å²) in [5.74, 6) is -0.311. The fourth-order valence-corrected chi connectivity index (χ4v) is 3.43. The minimum atomic E-state index is -0.331. The minimum absolute atomic E-state index is 0.0192. The normalized spacial score (nSPS) is 15.1. The van der Waals surface area contributed by atoms with E-state index in [0.29, 0.717) is 55.7 Å². The number of pyridine rings is 1. The number of amides is 1. The summed E-state index contributed by atoms with van der Waals surface area (Å²) in [5, 5.41) is 13.0. The number of aryl methyl sites for hydroxylation is 1. The largest absolute Gasteiger partial charge is 0.367 e. The van der Waals surface area contributed by atoms with E-state index < -0.39 is 0 Å². The quantitative estimate of drug-likeness (QED) is 0.906. The van der Waals surface area contributed by atoms with Gasteiger partial charge in [-0.2, -0.15) is 5.26 Å². The van der Waals surface area contributed by atoms with E-state index in [9.17, 15) is 14.4 Å². The molecule has 1 aliphatic heterocycles. The van der Waals surface area contributed by atoms with Gasteiger partial charge in [0.15, 0.2) is 0 Å². The number of benzene rings is 1. The number of anilines is 1. The SMILES string of the molecule is CCNC(=O)CN1CCN(c2c(C#N)cnc3c(C)cc(F)cc23)CC1. The van der Waals surface area contributed by atoms with Crippen molar-refractivity contribution < 1.29 is 9.18 Å². The predicted octanol–water partition coefficient (Wildman–Crippen LogP) is 1.81. The molecule has 0 bridgehead atoms. The van der Waals surface area contributed by atoms with Gasteiger partial charge in [-0.3, -0.25) is 14.7 Å². The molecule has 7 heteroatoms. The van der Waals surface area contributed by atoms with Crippen LogP contribution >= 0.6 is 0 Å². The molecule has 1 fully saturated rings. The third kappa shape index (κ3) is 3.60. The van der Waals surface area contributed by atoms with E-state index >= 15 is 0 Å². The zero-order chi connectivity index (χ0) is 18.7. The molecule has 6 nitrogen and oxygen atoms in total. The molecule has 26 heavy (non-hydrogen) atoms. The highest BCUT2D eigenvalue weighted by molar-refractivity contribution is 5.96. The summed E-state index contributed by atoms with van der Waals surface area (Å²) in [6, 6.07) is 5.08. The average Bonchev–Trinajstić information content (AvgIpc) is 2.61. The number of nitrogens with zero attached hydrogens (tertiary/aromatic N) is 4. The molecule has 1 aromatic heterocycles. The maximum atomic E-state index is 14.0. The molecule has 0 spiro atoms. The molecule has 1 N–H and O–H groups in total. The lowest BCUT2D eigenvalue weighted by molar-refractivity contribution is -0.122. The Balaban J connectivity index is 1.87. The van der Waals surface area contributed by atoms with Crippen LogP contribution < -0.4 is 10.2 Å². The van der Waals surface area contributed by atoms with Crippen LogP contribution in [0.5, 0.6) is 0 Å². The van der Waals surface area contributed by atoms with E-state index in [-0.39, 0.29) is 11.7 Å². The Morgan fingerprint density at radius 1 is 1.35 bits per heavy atom. The second-order valence-corrected chi connectivity index (χ2v) is 6.47. The van der Waals surface area contributed by atoms with Crippen molar-refractivity contribution in [1.82, 2.24) is 15.2 Å². The van der Waals surface area contributed by atoms with Crippen LogP contribution in [0.4, 0.5) is 10.1 Å². The molecule has 1 amide bonds. The first-order valence-electron chi connectivity index (χ1n) is 8.76. The molecular formula is C19H22FN5O. The van der Waals surface area contributed by atoms with Crippen LogP contribution in [0.3, 0.4) is 0 Å². The lowest BCUT2D eigenvalue weighted by atomic mass is 10.0. The number of halogens is 1. The second kappa shape index (κ2) is 7.67. The maximum absolute atomic E-state index is 14.0. The molecular weight excluding hydrogens is 333 g/mol. The standard InChI is InChI=1S/C19H22FN5O/c1-3-22-17(26)12-24-4-6-25(7-5-24)19-14(10-21)11-23-18-13(2)8-15(20)9-16(18)19/h8-9,11H,3-7,12H2,1-2H3,(H,22,26). The van der Waals surface area contributed by atoms with Gasteiger partial charge in [-0.1, -0.05) is 0 Å². The van der Waals surface area contributed by atoms with Gasteiger partial charge in [-0.15, -0.1) is 0 Å². The van der Waals surface area contributed by atoms with E-state index in [4.69, 9.17) is 0 Å². The third-order valence-electron chi connectivity index (χ3n) is 4.65. The van der Waals surface area contributed by atoms with Gasteiger partial charge in [0, 0.05) is 44.3 Å². The Hall–Kier alpha value is -2.72. The molecule has 0 unspecified atom stereocenters. The number of hydrogen-bond donors (Lipinski definition) is 1. The summed E-state index contributed by atoms with van der Waals surface area (Å²) in [5.41, 5.74) is 2.64. The number of rotatable bonds is 4. The smallest absolute Gasteiger partial charge is 0.234 e. The Labute approximate surface area is 152 Å². The molecule has 0 aliphatic carbocycles. The number of carbonyl (C=O) groups excluding carboxylic acids is 1. The molecule has 1 aromatic carbocycles. The highest BCUT2D eigenvalue weighted by Crippen LogP contribution is 2.32. The summed E-state index contributed by atoms with van der Waals surface area (Å²) >= 11 is 0. The zero-order valence-electron chi connectivity index (χ0n) is 15.0. The molecule has 1 aliphatic rings. The molecule has 1 saturated heterocycles. The van der Waals surface area contributed by atoms with Crippen LogP contribution in [0.25, 0.3) is 10.9 Å². The molecule has 2 aromatic rings. The van der Waals surface area contributed by atoms with Gasteiger partial charge in [-0.25, -0.2) is 4.39 Å². The zero-order valence-corrected chi connectivity index (χ0v) is 15.0. The van der Waals surface area contributed by atoms with Crippen LogP contribution in [0.2, 0.25) is 0 Å². The Bertz CT molecular complexity index is 868. The number of aromatic nitrogens is 1. The van der Waals surface area contributed by atoms with Gasteiger partial charge >= 0.3 is 0 Å². The number of likely N-dealkylation sites (N-methyl/N-ethyl adjacent to an activating group) is 1. The van der Waals surface area contributed by atoms with Crippen molar-refractivity contribution in [3.05, 3.63) is 35.3 Å². The first-order chi connectivity index (χ1) is 12.5. The van der Waals surface area contributed by atoms with Crippen molar-refractivity contribution in [2.75, 3.05) is 44.2 Å². The molecule has 0 radical (unpaired) electrons. The molecule has 136 valence electrons. The first kappa shape index (κ1) is 18.1. The molecule has 0 saturated carbocycles. The molecule has 2 heterocycles. The fourth-order valence-electron chi connectivity index (χ4n) is 3.43. The van der Waals surface area contributed by atoms with Crippen molar-refractivity contribution in [2.24, 2.45) is 0 Å². The van der Waals surface area contributed by atoms with Crippen molar-refractivity contribution in [3.8, 4) is 6.07 Å². The number of nitriles is 1. The van der Waals surface area contributed by atoms with Gasteiger partial charge in [0.2, 0.25) is 5.91 Å². The first-order valence-corrected chi connectivity index (χ1v) is 8.76. The predicted molar refractivity (Wildman–Crippen MR) is 98.5 cm³/mol. The monoisotopic (exact) mass is 355 g/mol. The topological polar surface area (TPSA) is 72.3 Å². The van der Waals surface area contributed by atoms with Crippen LogP contribution in [0.15, 0.2) is 18.3 Å². The minimum Gasteiger partial charge on any atom is -0.367 e. The number of fused-ring (bicyclic) bond motifs is 1. The summed E-state index contributed by atoms with van der Waals surface area (Å²) < 4.78 is 14.0. The van der Waals surface area contributed by atoms with Crippen molar-refractivity contribution in [3.63, 3.8) is 0 Å². The van der Waals surface area contributed by atoms with Crippen LogP contribution in [0.1, 0.15) is 18.1 Å². The van der Waals surface area contributed by atoms with Gasteiger partial charge in [0.1, 0.15) is 11.9 Å². The summed E-state index contributed by atoms with van der Waals surface area (Å²) in [6.45, 7) is 7.47. The number of piperazine rings is 1. The van der Waals surface area contributed by atoms with Crippen molar-refractivity contribution in [1.29, 1.82) is 5.26 Å². The van der Waals surface area contributed by atoms with Crippen LogP contribution in [-0.2, 0) is 4.79 Å². The lowest BCUT2D eigenvalue weighted by Gasteiger charge is -2.36. The fraction of sp³-hybridized carbons (Fsp3) is 0.421. The number of hydrogen-bond acceptors (Lipinski definition) is 5. The van der Waals surface area contributed by atoms with Crippen LogP contribution in [-0.4, -0.2) is 55.1 Å².